The summed E-state index contributed by atoms with van der Waals surface area (Å²) in [5.74, 6) is 0. The standard InChI is InChI=1S/C6H11N/c1-2-6-4-3-5-7-6/h2-5H2,1H3/i2D. The second-order valence-corrected chi connectivity index (χ2v) is 1.77. The predicted molar refractivity (Wildman–Crippen MR) is 31.8 cm³/mol. The van der Waals surface area contributed by atoms with Crippen molar-refractivity contribution in [2.24, 2.45) is 4.99 Å². The minimum Gasteiger partial charge on any atom is -0.294 e. The molecule has 0 aromatic carbocycles. The molecule has 0 aliphatic carbocycles. The Kier molecular flexibility index (Phi) is 1.09. The van der Waals surface area contributed by atoms with E-state index in [2.05, 4.69) is 4.99 Å². The Bertz CT molecular complexity index is 107. The van der Waals surface area contributed by atoms with Crippen LogP contribution in [0.4, 0.5) is 0 Å². The summed E-state index contributed by atoms with van der Waals surface area (Å²) in [5.41, 5.74) is 1.09. The van der Waals surface area contributed by atoms with Gasteiger partial charge in [0.2, 0.25) is 0 Å². The molecule has 0 aromatic rings. The zero-order valence-electron chi connectivity index (χ0n) is 5.65. The van der Waals surface area contributed by atoms with Gasteiger partial charge in [-0.05, 0) is 19.2 Å². The van der Waals surface area contributed by atoms with E-state index >= 15 is 0 Å². The summed E-state index contributed by atoms with van der Waals surface area (Å²) < 4.78 is 7.24. The van der Waals surface area contributed by atoms with Gasteiger partial charge < -0.3 is 0 Å². The average Bonchev–Trinajstić information content (AvgIpc) is 2.12. The molecule has 0 radical (unpaired) electrons. The summed E-state index contributed by atoms with van der Waals surface area (Å²) in [5, 5.41) is 0. The van der Waals surface area contributed by atoms with E-state index in [-0.39, 0.29) is 6.40 Å². The zero-order valence-corrected chi connectivity index (χ0v) is 4.65. The highest BCUT2D eigenvalue weighted by atomic mass is 14.8. The van der Waals surface area contributed by atoms with Gasteiger partial charge in [-0.25, -0.2) is 0 Å². The molecule has 1 aliphatic rings. The van der Waals surface area contributed by atoms with Gasteiger partial charge in [0, 0.05) is 13.6 Å². The van der Waals surface area contributed by atoms with Gasteiger partial charge in [-0.2, -0.15) is 0 Å². The van der Waals surface area contributed by atoms with Gasteiger partial charge >= 0.3 is 0 Å². The monoisotopic (exact) mass is 98.1 g/mol. The maximum Gasteiger partial charge on any atom is 0.0392 e. The molecule has 1 nitrogen and oxygen atoms in total. The molecular weight excluding hydrogens is 86.1 g/mol. The third kappa shape index (κ3) is 1.02. The van der Waals surface area contributed by atoms with Crippen LogP contribution in [0.15, 0.2) is 4.99 Å². The molecule has 0 amide bonds. The van der Waals surface area contributed by atoms with Crippen LogP contribution >= 0.6 is 0 Å². The van der Waals surface area contributed by atoms with Gasteiger partial charge in [0.15, 0.2) is 0 Å². The fourth-order valence-electron chi connectivity index (χ4n) is 0.798. The maximum absolute atomic E-state index is 7.24. The number of nitrogens with zero attached hydrogens (tertiary/aromatic N) is 1. The molecule has 0 bridgehead atoms. The van der Waals surface area contributed by atoms with Gasteiger partial charge in [0.25, 0.3) is 0 Å². The number of rotatable bonds is 1. The zero-order chi connectivity index (χ0) is 5.98. The van der Waals surface area contributed by atoms with Gasteiger partial charge in [0.1, 0.15) is 0 Å². The van der Waals surface area contributed by atoms with E-state index in [4.69, 9.17) is 1.37 Å². The highest BCUT2D eigenvalue weighted by molar-refractivity contribution is 5.85. The normalized spacial score (nSPS) is 26.4. The van der Waals surface area contributed by atoms with E-state index in [1.807, 2.05) is 6.92 Å². The van der Waals surface area contributed by atoms with Crippen molar-refractivity contribution in [3.63, 3.8) is 0 Å². The first kappa shape index (κ1) is 3.65. The van der Waals surface area contributed by atoms with Crippen LogP contribution in [0.5, 0.6) is 0 Å². The second-order valence-electron chi connectivity index (χ2n) is 1.77. The molecule has 0 spiro atoms. The van der Waals surface area contributed by atoms with Crippen molar-refractivity contribution >= 4 is 5.71 Å². The molecule has 1 heteroatoms. The van der Waals surface area contributed by atoms with Gasteiger partial charge in [-0.1, -0.05) is 6.92 Å². The Morgan fingerprint density at radius 2 is 2.86 bits per heavy atom. The lowest BCUT2D eigenvalue weighted by Crippen LogP contribution is -1.86. The number of aliphatic imine (C=N–C) groups is 1. The van der Waals surface area contributed by atoms with Crippen molar-refractivity contribution in [3.8, 4) is 0 Å². The quantitative estimate of drug-likeness (QED) is 0.472. The summed E-state index contributed by atoms with van der Waals surface area (Å²) in [7, 11) is 0. The Morgan fingerprint density at radius 3 is 3.14 bits per heavy atom. The minimum absolute atomic E-state index is 0.0579. The Labute approximate surface area is 45.9 Å². The predicted octanol–water partition coefficient (Wildman–Crippen LogP) is 1.63. The van der Waals surface area contributed by atoms with E-state index in [9.17, 15) is 0 Å². The van der Waals surface area contributed by atoms with Crippen molar-refractivity contribution in [1.29, 1.82) is 0 Å². The van der Waals surface area contributed by atoms with Gasteiger partial charge in [-0.15, -0.1) is 0 Å². The Hall–Kier alpha value is -0.330. The molecule has 0 N–H and O–H groups in total. The third-order valence-electron chi connectivity index (χ3n) is 1.24. The van der Waals surface area contributed by atoms with Crippen LogP contribution in [0.25, 0.3) is 0 Å². The van der Waals surface area contributed by atoms with Crippen molar-refractivity contribution < 1.29 is 1.37 Å². The van der Waals surface area contributed by atoms with E-state index in [1.54, 1.807) is 0 Å². The fourth-order valence-corrected chi connectivity index (χ4v) is 0.798. The summed E-state index contributed by atoms with van der Waals surface area (Å²) in [6.45, 7) is 2.84. The van der Waals surface area contributed by atoms with Gasteiger partial charge in [-0.3, -0.25) is 4.99 Å². The van der Waals surface area contributed by atoms with Crippen LogP contribution in [0.1, 0.15) is 27.5 Å². The molecule has 0 saturated carbocycles. The molecule has 1 rings (SSSR count). The lowest BCUT2D eigenvalue weighted by Gasteiger charge is -1.86. The van der Waals surface area contributed by atoms with Crippen LogP contribution in [0.3, 0.4) is 0 Å². The molecule has 0 saturated heterocycles. The molecule has 1 heterocycles. The molecule has 40 valence electrons. The molecule has 1 unspecified atom stereocenters. The first-order valence-corrected chi connectivity index (χ1v) is 2.76. The Balaban J connectivity index is 2.45. The average molecular weight is 98.2 g/mol. The third-order valence-corrected chi connectivity index (χ3v) is 1.24. The highest BCUT2D eigenvalue weighted by Gasteiger charge is 2.00. The summed E-state index contributed by atoms with van der Waals surface area (Å²) >= 11 is 0. The summed E-state index contributed by atoms with van der Waals surface area (Å²) in [4.78, 5) is 4.16. The molecule has 1 aliphatic heterocycles. The lowest BCUT2D eigenvalue weighted by atomic mass is 10.2. The van der Waals surface area contributed by atoms with Crippen molar-refractivity contribution in [2.45, 2.75) is 26.2 Å². The van der Waals surface area contributed by atoms with Crippen LogP contribution in [-0.2, 0) is 0 Å². The van der Waals surface area contributed by atoms with Crippen LogP contribution < -0.4 is 0 Å². The SMILES string of the molecule is [2H]C(C)C1=NCCC1. The Morgan fingerprint density at radius 1 is 2.00 bits per heavy atom. The van der Waals surface area contributed by atoms with Crippen molar-refractivity contribution in [1.82, 2.24) is 0 Å². The second kappa shape index (κ2) is 2.10. The lowest BCUT2D eigenvalue weighted by molar-refractivity contribution is 0.948. The minimum atomic E-state index is -0.0579. The maximum atomic E-state index is 7.24. The van der Waals surface area contributed by atoms with Gasteiger partial charge in [0.05, 0.1) is 0 Å². The van der Waals surface area contributed by atoms with E-state index in [1.165, 1.54) is 6.42 Å². The first-order valence-electron chi connectivity index (χ1n) is 3.34. The number of hydrogen-bond donors (Lipinski definition) is 0. The highest BCUT2D eigenvalue weighted by Crippen LogP contribution is 2.05. The van der Waals surface area contributed by atoms with Crippen LogP contribution in [-0.4, -0.2) is 12.3 Å². The van der Waals surface area contributed by atoms with E-state index in [0.717, 1.165) is 18.7 Å². The van der Waals surface area contributed by atoms with Crippen LogP contribution in [0.2, 0.25) is 0 Å². The smallest absolute Gasteiger partial charge is 0.0392 e. The molecule has 0 fully saturated rings. The first-order chi connectivity index (χ1) is 3.80. The fraction of sp³-hybridized carbons (Fsp3) is 0.833. The molecule has 0 aromatic heterocycles. The van der Waals surface area contributed by atoms with E-state index < -0.39 is 0 Å². The number of hydrogen-bond acceptors (Lipinski definition) is 1. The molecule has 7 heavy (non-hydrogen) atoms. The molecular formula is C6H11N. The topological polar surface area (TPSA) is 12.4 Å². The van der Waals surface area contributed by atoms with Crippen molar-refractivity contribution in [2.75, 3.05) is 6.54 Å². The molecule has 1 atom stereocenters. The van der Waals surface area contributed by atoms with Crippen LogP contribution in [0, 0.1) is 0 Å². The van der Waals surface area contributed by atoms with Crippen molar-refractivity contribution in [3.05, 3.63) is 0 Å². The van der Waals surface area contributed by atoms with E-state index in [0.29, 0.717) is 0 Å². The largest absolute Gasteiger partial charge is 0.294 e. The summed E-state index contributed by atoms with van der Waals surface area (Å²) in [6.07, 6.45) is 2.17. The summed E-state index contributed by atoms with van der Waals surface area (Å²) in [6, 6.07) is 0.